The van der Waals surface area contributed by atoms with E-state index in [0.717, 1.165) is 16.0 Å². The summed E-state index contributed by atoms with van der Waals surface area (Å²) < 4.78 is 10.0. The molecule has 0 aliphatic carbocycles. The molecule has 1 fully saturated rings. The van der Waals surface area contributed by atoms with E-state index < -0.39 is 10.6 Å². The second kappa shape index (κ2) is 7.71. The summed E-state index contributed by atoms with van der Waals surface area (Å²) >= 11 is 1.63. The van der Waals surface area contributed by atoms with Crippen LogP contribution in [0.25, 0.3) is 6.08 Å². The molecule has 24 heavy (non-hydrogen) atoms. The number of carbonyl (C=O) groups is 1. The average molecular weight is 348 g/mol. The third kappa shape index (κ3) is 4.51. The number of thioether (sulfide) groups is 1. The van der Waals surface area contributed by atoms with E-state index in [2.05, 4.69) is 0 Å². The molecule has 2 rings (SSSR count). The molecule has 0 radical (unpaired) electrons. The maximum Gasteiger partial charge on any atom is 0.308 e. The highest BCUT2D eigenvalue weighted by molar-refractivity contribution is 8.03. The number of hydroxylamine groups is 3. The topological polar surface area (TPSA) is 82.4 Å². The van der Waals surface area contributed by atoms with E-state index in [9.17, 15) is 10.0 Å². The number of nitriles is 1. The molecule has 0 amide bonds. The molecule has 1 heterocycles. The minimum absolute atomic E-state index is 0.0361. The van der Waals surface area contributed by atoms with Crippen LogP contribution in [-0.4, -0.2) is 43.1 Å². The number of rotatable bonds is 4. The molecule has 1 aliphatic rings. The molecular weight excluding hydrogens is 328 g/mol. The molecule has 1 atom stereocenters. The summed E-state index contributed by atoms with van der Waals surface area (Å²) in [6.45, 7) is 3.88. The number of ether oxygens (including phenoxy) is 2. The van der Waals surface area contributed by atoms with E-state index in [0.29, 0.717) is 30.3 Å². The normalized spacial score (nSPS) is 22.0. The Morgan fingerprint density at radius 3 is 2.92 bits per heavy atom. The van der Waals surface area contributed by atoms with Crippen molar-refractivity contribution < 1.29 is 18.9 Å². The van der Waals surface area contributed by atoms with E-state index in [1.807, 2.05) is 25.1 Å². The summed E-state index contributed by atoms with van der Waals surface area (Å²) in [5.41, 5.74) is 1.64. The van der Waals surface area contributed by atoms with Gasteiger partial charge in [-0.25, -0.2) is 0 Å². The molecule has 1 saturated heterocycles. The maximum atomic E-state index is 12.5. The van der Waals surface area contributed by atoms with Gasteiger partial charge in [-0.15, -0.1) is 11.8 Å². The van der Waals surface area contributed by atoms with Crippen molar-refractivity contribution >= 4 is 23.8 Å². The minimum atomic E-state index is -0.503. The van der Waals surface area contributed by atoms with Gasteiger partial charge in [0.05, 0.1) is 13.7 Å². The molecule has 128 valence electrons. The van der Waals surface area contributed by atoms with Gasteiger partial charge in [-0.2, -0.15) is 5.26 Å². The summed E-state index contributed by atoms with van der Waals surface area (Å²) in [7, 11) is 1.51. The Labute approximate surface area is 145 Å². The predicted octanol–water partition coefficient (Wildman–Crippen LogP) is 2.85. The molecule has 1 aromatic rings. The number of aryl methyl sites for hydroxylation is 1. The summed E-state index contributed by atoms with van der Waals surface area (Å²) in [5, 5.41) is 21.3. The van der Waals surface area contributed by atoms with E-state index in [1.54, 1.807) is 17.8 Å². The van der Waals surface area contributed by atoms with Gasteiger partial charge < -0.3 is 19.3 Å². The van der Waals surface area contributed by atoms with Gasteiger partial charge in [0.2, 0.25) is 0 Å². The zero-order valence-electron chi connectivity index (χ0n) is 14.0. The lowest BCUT2D eigenvalue weighted by Crippen LogP contribution is -2.47. The standard InChI is InChI=1S/C17H20N2O4S/c1-12-8-14(10-16(22-3)17(12)23-13(2)20)9-15-11-19(21,5-4-18)6-7-24-15/h8-10H,5-7,11H2,1-3H3. The number of esters is 1. The van der Waals surface area contributed by atoms with Gasteiger partial charge in [0.25, 0.3) is 0 Å². The Morgan fingerprint density at radius 2 is 2.29 bits per heavy atom. The number of nitrogens with zero attached hydrogens (tertiary/aromatic N) is 2. The third-order valence-electron chi connectivity index (χ3n) is 3.65. The minimum Gasteiger partial charge on any atom is -0.632 e. The number of benzene rings is 1. The largest absolute Gasteiger partial charge is 0.632 e. The van der Waals surface area contributed by atoms with E-state index >= 15 is 0 Å². The van der Waals surface area contributed by atoms with Crippen LogP contribution in [0, 0.1) is 23.5 Å². The number of hydrogen-bond acceptors (Lipinski definition) is 6. The van der Waals surface area contributed by atoms with Gasteiger partial charge in [-0.1, -0.05) is 0 Å². The van der Waals surface area contributed by atoms with Crippen LogP contribution in [0.15, 0.2) is 17.0 Å². The predicted molar refractivity (Wildman–Crippen MR) is 93.3 cm³/mol. The molecule has 0 aromatic heterocycles. The molecular formula is C17H20N2O4S. The van der Waals surface area contributed by atoms with Crippen LogP contribution >= 0.6 is 11.8 Å². The summed E-state index contributed by atoms with van der Waals surface area (Å²) in [6.07, 6.45) is 1.93. The number of methoxy groups -OCH3 is 1. The second-order valence-electron chi connectivity index (χ2n) is 5.68. The summed E-state index contributed by atoms with van der Waals surface area (Å²) in [5.74, 6) is 1.16. The Kier molecular flexibility index (Phi) is 5.89. The van der Waals surface area contributed by atoms with Crippen molar-refractivity contribution in [2.75, 3.05) is 32.5 Å². The zero-order chi connectivity index (χ0) is 17.7. The van der Waals surface area contributed by atoms with Crippen molar-refractivity contribution in [1.29, 1.82) is 5.26 Å². The highest BCUT2D eigenvalue weighted by Crippen LogP contribution is 2.35. The summed E-state index contributed by atoms with van der Waals surface area (Å²) in [6, 6.07) is 5.63. The number of carbonyl (C=O) groups excluding carboxylic acids is 1. The lowest BCUT2D eigenvalue weighted by atomic mass is 10.1. The van der Waals surface area contributed by atoms with Crippen LogP contribution in [-0.2, 0) is 4.79 Å². The molecule has 1 unspecified atom stereocenters. The first kappa shape index (κ1) is 18.3. The van der Waals surface area contributed by atoms with Crippen LogP contribution in [0.1, 0.15) is 18.1 Å². The Bertz CT molecular complexity index is 711. The molecule has 1 aliphatic heterocycles. The highest BCUT2D eigenvalue weighted by Gasteiger charge is 2.24. The van der Waals surface area contributed by atoms with Crippen molar-refractivity contribution in [3.8, 4) is 17.6 Å². The number of quaternary nitrogens is 1. The lowest BCUT2D eigenvalue weighted by molar-refractivity contribution is -0.866. The zero-order valence-corrected chi connectivity index (χ0v) is 14.8. The first-order chi connectivity index (χ1) is 11.4. The Morgan fingerprint density at radius 1 is 1.54 bits per heavy atom. The van der Waals surface area contributed by atoms with E-state index in [1.165, 1.54) is 14.0 Å². The van der Waals surface area contributed by atoms with Crippen molar-refractivity contribution in [3.63, 3.8) is 0 Å². The van der Waals surface area contributed by atoms with Gasteiger partial charge >= 0.3 is 5.97 Å². The SMILES string of the molecule is COc1cc(C=C2C[N+]([O-])(CC#N)CCS2)cc(C)c1OC(C)=O. The number of hydrogen-bond donors (Lipinski definition) is 0. The molecule has 7 heteroatoms. The van der Waals surface area contributed by atoms with Gasteiger partial charge in [-0.05, 0) is 36.3 Å². The second-order valence-corrected chi connectivity index (χ2v) is 6.90. The highest BCUT2D eigenvalue weighted by atomic mass is 32.2. The van der Waals surface area contributed by atoms with Crippen molar-refractivity contribution in [1.82, 2.24) is 0 Å². The van der Waals surface area contributed by atoms with Gasteiger partial charge in [0, 0.05) is 17.6 Å². The molecule has 6 nitrogen and oxygen atoms in total. The van der Waals surface area contributed by atoms with Crippen molar-refractivity contribution in [3.05, 3.63) is 33.4 Å². The first-order valence-corrected chi connectivity index (χ1v) is 8.50. The smallest absolute Gasteiger partial charge is 0.308 e. The first-order valence-electron chi connectivity index (χ1n) is 7.51. The van der Waals surface area contributed by atoms with Gasteiger partial charge in [0.1, 0.15) is 12.6 Å². The average Bonchev–Trinajstić information content (AvgIpc) is 2.49. The van der Waals surface area contributed by atoms with Crippen molar-refractivity contribution in [2.45, 2.75) is 13.8 Å². The van der Waals surface area contributed by atoms with Crippen LogP contribution in [0.3, 0.4) is 0 Å². The maximum absolute atomic E-state index is 12.5. The van der Waals surface area contributed by atoms with Crippen LogP contribution < -0.4 is 9.47 Å². The van der Waals surface area contributed by atoms with Crippen LogP contribution in [0.2, 0.25) is 0 Å². The monoisotopic (exact) mass is 348 g/mol. The lowest BCUT2D eigenvalue weighted by Gasteiger charge is -2.43. The fourth-order valence-electron chi connectivity index (χ4n) is 2.57. The van der Waals surface area contributed by atoms with Gasteiger partial charge in [-0.3, -0.25) is 4.79 Å². The van der Waals surface area contributed by atoms with Crippen molar-refractivity contribution in [2.24, 2.45) is 0 Å². The van der Waals surface area contributed by atoms with E-state index in [-0.39, 0.29) is 6.54 Å². The third-order valence-corrected chi connectivity index (χ3v) is 4.65. The van der Waals surface area contributed by atoms with Crippen LogP contribution in [0.5, 0.6) is 11.5 Å². The summed E-state index contributed by atoms with van der Waals surface area (Å²) in [4.78, 5) is 12.2. The fraction of sp³-hybridized carbons (Fsp3) is 0.412. The molecule has 1 aromatic carbocycles. The van der Waals surface area contributed by atoms with Gasteiger partial charge in [0.15, 0.2) is 18.0 Å². The molecule has 0 spiro atoms. The quantitative estimate of drug-likeness (QED) is 0.274. The Hall–Kier alpha value is -2.01. The van der Waals surface area contributed by atoms with E-state index in [4.69, 9.17) is 14.7 Å². The Balaban J connectivity index is 2.31. The molecule has 0 bridgehead atoms. The molecule has 0 N–H and O–H groups in total. The van der Waals surface area contributed by atoms with Crippen LogP contribution in [0.4, 0.5) is 0 Å². The fourth-order valence-corrected chi connectivity index (χ4v) is 3.80. The molecule has 0 saturated carbocycles.